The van der Waals surface area contributed by atoms with Crippen molar-refractivity contribution < 1.29 is 4.74 Å². The average molecular weight is 255 g/mol. The fraction of sp³-hybridized carbons (Fsp3) is 0.444. The number of hydrogen-bond donors (Lipinski definition) is 0. The van der Waals surface area contributed by atoms with Crippen molar-refractivity contribution in [2.24, 2.45) is 0 Å². The van der Waals surface area contributed by atoms with Crippen molar-refractivity contribution in [3.05, 3.63) is 42.5 Å². The van der Waals surface area contributed by atoms with Gasteiger partial charge in [-0.15, -0.1) is 0 Å². The van der Waals surface area contributed by atoms with Crippen LogP contribution in [-0.2, 0) is 0 Å². The van der Waals surface area contributed by atoms with Crippen molar-refractivity contribution in [3.63, 3.8) is 0 Å². The summed E-state index contributed by atoms with van der Waals surface area (Å²) in [7, 11) is 0. The van der Waals surface area contributed by atoms with E-state index in [1.807, 2.05) is 18.2 Å². The Morgan fingerprint density at radius 2 is 1.79 bits per heavy atom. The SMILES string of the molecule is CCCCCCCCOc1ccc2c[c]ccc2c1. The van der Waals surface area contributed by atoms with Gasteiger partial charge in [-0.25, -0.2) is 0 Å². The molecule has 2 aromatic rings. The Morgan fingerprint density at radius 1 is 0.947 bits per heavy atom. The minimum absolute atomic E-state index is 0.830. The summed E-state index contributed by atoms with van der Waals surface area (Å²) in [6.45, 7) is 3.08. The largest absolute Gasteiger partial charge is 0.494 e. The molecule has 0 aliphatic heterocycles. The van der Waals surface area contributed by atoms with Crippen LogP contribution in [0.15, 0.2) is 36.4 Å². The van der Waals surface area contributed by atoms with Crippen LogP contribution in [0.25, 0.3) is 10.8 Å². The van der Waals surface area contributed by atoms with E-state index in [-0.39, 0.29) is 0 Å². The van der Waals surface area contributed by atoms with Crippen LogP contribution in [0, 0.1) is 6.07 Å². The van der Waals surface area contributed by atoms with Crippen molar-refractivity contribution in [2.45, 2.75) is 45.4 Å². The molecule has 0 bridgehead atoms. The predicted molar refractivity (Wildman–Crippen MR) is 81.7 cm³/mol. The van der Waals surface area contributed by atoms with Gasteiger partial charge in [-0.3, -0.25) is 0 Å². The minimum atomic E-state index is 0.830. The fourth-order valence-electron chi connectivity index (χ4n) is 2.27. The number of fused-ring (bicyclic) bond motifs is 1. The highest BCUT2D eigenvalue weighted by Gasteiger charge is 1.97. The molecule has 0 amide bonds. The molecule has 0 saturated carbocycles. The van der Waals surface area contributed by atoms with Gasteiger partial charge in [-0.2, -0.15) is 0 Å². The Bertz CT molecular complexity index is 490. The zero-order valence-corrected chi connectivity index (χ0v) is 11.8. The summed E-state index contributed by atoms with van der Waals surface area (Å²) >= 11 is 0. The number of ether oxygens (including phenoxy) is 1. The van der Waals surface area contributed by atoms with E-state index < -0.39 is 0 Å². The summed E-state index contributed by atoms with van der Waals surface area (Å²) in [6, 6.07) is 15.4. The molecule has 2 rings (SSSR count). The van der Waals surface area contributed by atoms with Gasteiger partial charge < -0.3 is 4.74 Å². The number of benzene rings is 2. The highest BCUT2D eigenvalue weighted by molar-refractivity contribution is 5.83. The second kappa shape index (κ2) is 7.83. The maximum absolute atomic E-state index is 5.81. The zero-order chi connectivity index (χ0) is 13.3. The Hall–Kier alpha value is -1.50. The number of unbranched alkanes of at least 4 members (excludes halogenated alkanes) is 5. The van der Waals surface area contributed by atoms with Crippen LogP contribution in [0.3, 0.4) is 0 Å². The maximum Gasteiger partial charge on any atom is 0.119 e. The highest BCUT2D eigenvalue weighted by atomic mass is 16.5. The van der Waals surface area contributed by atoms with E-state index in [1.54, 1.807) is 0 Å². The summed E-state index contributed by atoms with van der Waals surface area (Å²) < 4.78 is 5.81. The van der Waals surface area contributed by atoms with Gasteiger partial charge >= 0.3 is 0 Å². The fourth-order valence-corrected chi connectivity index (χ4v) is 2.27. The van der Waals surface area contributed by atoms with Gasteiger partial charge in [0, 0.05) is 0 Å². The molecule has 0 atom stereocenters. The third-order valence-electron chi connectivity index (χ3n) is 3.42. The van der Waals surface area contributed by atoms with E-state index in [2.05, 4.69) is 31.2 Å². The van der Waals surface area contributed by atoms with E-state index in [0.717, 1.165) is 18.8 Å². The van der Waals surface area contributed by atoms with Crippen molar-refractivity contribution in [1.82, 2.24) is 0 Å². The molecule has 1 heteroatoms. The Kier molecular flexibility index (Phi) is 5.74. The van der Waals surface area contributed by atoms with Gasteiger partial charge in [0.2, 0.25) is 0 Å². The summed E-state index contributed by atoms with van der Waals surface area (Å²) in [5.41, 5.74) is 0. The standard InChI is InChI=1S/C18H23O/c1-2-3-4-5-6-9-14-19-18-13-12-16-10-7-8-11-17(16)15-18/h8,10-13,15H,2-6,9,14H2,1H3. The smallest absolute Gasteiger partial charge is 0.119 e. The quantitative estimate of drug-likeness (QED) is 0.575. The lowest BCUT2D eigenvalue weighted by Gasteiger charge is -2.07. The lowest BCUT2D eigenvalue weighted by atomic mass is 10.1. The van der Waals surface area contributed by atoms with E-state index >= 15 is 0 Å². The molecule has 0 unspecified atom stereocenters. The average Bonchev–Trinajstić information content (AvgIpc) is 2.46. The Labute approximate surface area is 116 Å². The van der Waals surface area contributed by atoms with Crippen LogP contribution in [0.5, 0.6) is 5.75 Å². The van der Waals surface area contributed by atoms with Gasteiger partial charge in [-0.05, 0) is 41.5 Å². The van der Waals surface area contributed by atoms with Crippen molar-refractivity contribution in [3.8, 4) is 5.75 Å². The van der Waals surface area contributed by atoms with Gasteiger partial charge in [-0.1, -0.05) is 57.2 Å². The predicted octanol–water partition coefficient (Wildman–Crippen LogP) is 5.38. The molecule has 0 spiro atoms. The topological polar surface area (TPSA) is 9.23 Å². The van der Waals surface area contributed by atoms with Crippen LogP contribution in [0.1, 0.15) is 45.4 Å². The summed E-state index contributed by atoms with van der Waals surface area (Å²) in [5.74, 6) is 0.979. The van der Waals surface area contributed by atoms with Crippen LogP contribution in [0.2, 0.25) is 0 Å². The number of rotatable bonds is 8. The third kappa shape index (κ3) is 4.59. The van der Waals surface area contributed by atoms with Crippen LogP contribution in [-0.4, -0.2) is 6.61 Å². The van der Waals surface area contributed by atoms with Crippen LogP contribution in [0.4, 0.5) is 0 Å². The van der Waals surface area contributed by atoms with E-state index in [1.165, 1.54) is 42.9 Å². The highest BCUT2D eigenvalue weighted by Crippen LogP contribution is 2.20. The molecule has 0 fully saturated rings. The summed E-state index contributed by atoms with van der Waals surface area (Å²) in [5, 5.41) is 2.44. The summed E-state index contributed by atoms with van der Waals surface area (Å²) in [6.07, 6.45) is 7.81. The molecule has 0 saturated heterocycles. The molecule has 19 heavy (non-hydrogen) atoms. The number of hydrogen-bond acceptors (Lipinski definition) is 1. The molecule has 2 aromatic carbocycles. The van der Waals surface area contributed by atoms with Crippen molar-refractivity contribution >= 4 is 10.8 Å². The van der Waals surface area contributed by atoms with Crippen LogP contribution < -0.4 is 4.74 Å². The Balaban J connectivity index is 1.72. The molecule has 0 aromatic heterocycles. The van der Waals surface area contributed by atoms with Gasteiger partial charge in [0.25, 0.3) is 0 Å². The Morgan fingerprint density at radius 3 is 2.68 bits per heavy atom. The third-order valence-corrected chi connectivity index (χ3v) is 3.42. The molecular formula is C18H23O. The molecule has 0 aliphatic carbocycles. The second-order valence-electron chi connectivity index (χ2n) is 5.05. The monoisotopic (exact) mass is 255 g/mol. The lowest BCUT2D eigenvalue weighted by molar-refractivity contribution is 0.305. The van der Waals surface area contributed by atoms with Crippen molar-refractivity contribution in [2.75, 3.05) is 6.61 Å². The van der Waals surface area contributed by atoms with Gasteiger partial charge in [0.15, 0.2) is 0 Å². The molecular weight excluding hydrogens is 232 g/mol. The normalized spacial score (nSPS) is 10.8. The van der Waals surface area contributed by atoms with Gasteiger partial charge in [0.1, 0.15) is 5.75 Å². The van der Waals surface area contributed by atoms with Gasteiger partial charge in [0.05, 0.1) is 6.61 Å². The maximum atomic E-state index is 5.81. The lowest BCUT2D eigenvalue weighted by Crippen LogP contribution is -1.97. The molecule has 0 aliphatic rings. The summed E-state index contributed by atoms with van der Waals surface area (Å²) in [4.78, 5) is 0. The first-order valence-corrected chi connectivity index (χ1v) is 7.43. The molecule has 101 valence electrons. The first kappa shape index (κ1) is 13.9. The molecule has 0 heterocycles. The first-order chi connectivity index (χ1) is 9.40. The first-order valence-electron chi connectivity index (χ1n) is 7.43. The minimum Gasteiger partial charge on any atom is -0.494 e. The second-order valence-corrected chi connectivity index (χ2v) is 5.05. The zero-order valence-electron chi connectivity index (χ0n) is 11.8. The molecule has 1 nitrogen and oxygen atoms in total. The molecule has 0 N–H and O–H groups in total. The molecule has 1 radical (unpaired) electrons. The van der Waals surface area contributed by atoms with E-state index in [0.29, 0.717) is 0 Å². The van der Waals surface area contributed by atoms with E-state index in [9.17, 15) is 0 Å². The van der Waals surface area contributed by atoms with Crippen molar-refractivity contribution in [1.29, 1.82) is 0 Å². The van der Waals surface area contributed by atoms with E-state index in [4.69, 9.17) is 4.74 Å². The van der Waals surface area contributed by atoms with Crippen LogP contribution >= 0.6 is 0 Å².